The molecule has 0 aromatic heterocycles. The molecule has 0 aromatic carbocycles. The van der Waals surface area contributed by atoms with Crippen molar-refractivity contribution >= 4 is 8.03 Å². The summed E-state index contributed by atoms with van der Waals surface area (Å²) in [6, 6.07) is 0. The molecular formula is C5H12O2P+. The zero-order chi connectivity index (χ0) is 6.57. The highest BCUT2D eigenvalue weighted by Crippen LogP contribution is 2.24. The molecule has 0 aliphatic carbocycles. The number of rotatable bonds is 3. The molecule has 0 aliphatic heterocycles. The molecule has 0 amide bonds. The maximum Gasteiger partial charge on any atom is 0.508 e. The first-order valence-electron chi connectivity index (χ1n) is 2.83. The molecule has 0 bridgehead atoms. The van der Waals surface area contributed by atoms with E-state index in [2.05, 4.69) is 0 Å². The van der Waals surface area contributed by atoms with Gasteiger partial charge in [0.05, 0.1) is 0 Å². The molecule has 1 N–H and O–H groups in total. The zero-order valence-electron chi connectivity index (χ0n) is 5.29. The maximum atomic E-state index is 10.2. The van der Waals surface area contributed by atoms with Gasteiger partial charge in [0.25, 0.3) is 0 Å². The van der Waals surface area contributed by atoms with Crippen LogP contribution in [0.3, 0.4) is 0 Å². The third-order valence-corrected chi connectivity index (χ3v) is 2.10. The molecule has 2 unspecified atom stereocenters. The Morgan fingerprint density at radius 3 is 2.38 bits per heavy atom. The van der Waals surface area contributed by atoms with E-state index in [1.807, 2.05) is 6.92 Å². The van der Waals surface area contributed by atoms with Gasteiger partial charge in [-0.05, 0) is 17.9 Å². The lowest BCUT2D eigenvalue weighted by molar-refractivity contribution is 0.487. The number of hydrogen-bond acceptors (Lipinski definition) is 1. The van der Waals surface area contributed by atoms with E-state index in [1.165, 1.54) is 0 Å². The average molecular weight is 135 g/mol. The van der Waals surface area contributed by atoms with Crippen molar-refractivity contribution in [3.8, 4) is 0 Å². The second-order valence-corrected chi connectivity index (χ2v) is 3.43. The predicted octanol–water partition coefficient (Wildman–Crippen LogP) is 1.91. The van der Waals surface area contributed by atoms with Crippen LogP contribution in [0.1, 0.15) is 26.7 Å². The van der Waals surface area contributed by atoms with Crippen LogP contribution in [0.5, 0.6) is 0 Å². The topological polar surface area (TPSA) is 37.3 Å². The lowest BCUT2D eigenvalue weighted by Gasteiger charge is -1.89. The van der Waals surface area contributed by atoms with Crippen LogP contribution >= 0.6 is 8.03 Å². The summed E-state index contributed by atoms with van der Waals surface area (Å²) in [7, 11) is -1.92. The SMILES string of the molecule is CCCC(C)[P+](=O)O. The van der Waals surface area contributed by atoms with E-state index in [0.29, 0.717) is 0 Å². The van der Waals surface area contributed by atoms with Gasteiger partial charge in [0.1, 0.15) is 0 Å². The summed E-state index contributed by atoms with van der Waals surface area (Å²) in [4.78, 5) is 8.46. The van der Waals surface area contributed by atoms with Crippen LogP contribution in [-0.4, -0.2) is 10.6 Å². The van der Waals surface area contributed by atoms with Crippen molar-refractivity contribution in [1.29, 1.82) is 0 Å². The minimum absolute atomic E-state index is 0.0185. The minimum atomic E-state index is -1.92. The molecule has 8 heavy (non-hydrogen) atoms. The second-order valence-electron chi connectivity index (χ2n) is 1.94. The Bertz CT molecular complexity index is 82.5. The number of hydrogen-bond donors (Lipinski definition) is 1. The first kappa shape index (κ1) is 8.06. The van der Waals surface area contributed by atoms with Crippen molar-refractivity contribution in [1.82, 2.24) is 0 Å². The molecule has 0 saturated heterocycles. The van der Waals surface area contributed by atoms with Gasteiger partial charge in [-0.1, -0.05) is 13.3 Å². The molecular weight excluding hydrogens is 123 g/mol. The summed E-state index contributed by atoms with van der Waals surface area (Å²) in [6.07, 6.45) is 1.84. The standard InChI is InChI=1S/C5H11O2P/c1-3-4-5(2)8(6)7/h5H,3-4H2,1-2H3/p+1. The molecule has 0 aliphatic rings. The molecule has 2 atom stereocenters. The lowest BCUT2D eigenvalue weighted by Crippen LogP contribution is -1.92. The second kappa shape index (κ2) is 3.99. The fourth-order valence-electron chi connectivity index (χ4n) is 0.528. The molecule has 0 spiro atoms. The fraction of sp³-hybridized carbons (Fsp3) is 1.00. The van der Waals surface area contributed by atoms with E-state index in [-0.39, 0.29) is 5.66 Å². The van der Waals surface area contributed by atoms with Crippen molar-refractivity contribution in [2.24, 2.45) is 0 Å². The van der Waals surface area contributed by atoms with Gasteiger partial charge in [0.2, 0.25) is 0 Å². The van der Waals surface area contributed by atoms with Crippen LogP contribution in [0.2, 0.25) is 0 Å². The largest absolute Gasteiger partial charge is 0.508 e. The van der Waals surface area contributed by atoms with Crippen molar-refractivity contribution in [3.05, 3.63) is 0 Å². The smallest absolute Gasteiger partial charge is 0.161 e. The van der Waals surface area contributed by atoms with E-state index in [9.17, 15) is 4.57 Å². The van der Waals surface area contributed by atoms with Crippen LogP contribution in [-0.2, 0) is 4.57 Å². The van der Waals surface area contributed by atoms with Crippen LogP contribution in [0.4, 0.5) is 0 Å². The molecule has 0 aromatic rings. The lowest BCUT2D eigenvalue weighted by atomic mass is 10.3. The third kappa shape index (κ3) is 3.11. The molecule has 0 heterocycles. The molecule has 0 saturated carbocycles. The summed E-state index contributed by atoms with van der Waals surface area (Å²) in [5, 5.41) is 0. The third-order valence-electron chi connectivity index (χ3n) is 1.08. The van der Waals surface area contributed by atoms with Crippen molar-refractivity contribution in [2.45, 2.75) is 32.3 Å². The van der Waals surface area contributed by atoms with E-state index in [1.54, 1.807) is 6.92 Å². The zero-order valence-corrected chi connectivity index (χ0v) is 6.19. The molecule has 2 nitrogen and oxygen atoms in total. The van der Waals surface area contributed by atoms with Gasteiger partial charge in [-0.25, -0.2) is 0 Å². The molecule has 48 valence electrons. The van der Waals surface area contributed by atoms with Crippen LogP contribution in [0.25, 0.3) is 0 Å². The minimum Gasteiger partial charge on any atom is -0.161 e. The van der Waals surface area contributed by atoms with Crippen molar-refractivity contribution < 1.29 is 9.46 Å². The van der Waals surface area contributed by atoms with Gasteiger partial charge in [-0.15, -0.1) is 0 Å². The van der Waals surface area contributed by atoms with Gasteiger partial charge >= 0.3 is 8.03 Å². The summed E-state index contributed by atoms with van der Waals surface area (Å²) in [5.74, 6) is 0. The Kier molecular flexibility index (Phi) is 4.02. The Hall–Kier alpha value is 0.0600. The van der Waals surface area contributed by atoms with Gasteiger partial charge in [0.15, 0.2) is 5.66 Å². The van der Waals surface area contributed by atoms with Gasteiger partial charge in [-0.3, -0.25) is 0 Å². The van der Waals surface area contributed by atoms with Gasteiger partial charge < -0.3 is 0 Å². The normalized spacial score (nSPS) is 15.6. The Labute approximate surface area is 50.8 Å². The maximum absolute atomic E-state index is 10.2. The molecule has 0 rings (SSSR count). The van der Waals surface area contributed by atoms with E-state index >= 15 is 0 Å². The van der Waals surface area contributed by atoms with E-state index in [4.69, 9.17) is 4.89 Å². The van der Waals surface area contributed by atoms with Crippen molar-refractivity contribution in [3.63, 3.8) is 0 Å². The van der Waals surface area contributed by atoms with Crippen molar-refractivity contribution in [2.75, 3.05) is 0 Å². The highest BCUT2D eigenvalue weighted by atomic mass is 31.1. The monoisotopic (exact) mass is 135 g/mol. The Balaban J connectivity index is 3.32. The molecule has 3 heteroatoms. The van der Waals surface area contributed by atoms with Crippen LogP contribution < -0.4 is 0 Å². The highest BCUT2D eigenvalue weighted by Gasteiger charge is 2.20. The first-order chi connectivity index (χ1) is 3.68. The summed E-state index contributed by atoms with van der Waals surface area (Å²) in [6.45, 7) is 3.80. The molecule has 0 fully saturated rings. The van der Waals surface area contributed by atoms with Gasteiger partial charge in [0, 0.05) is 0 Å². The predicted molar refractivity (Wildman–Crippen MR) is 34.2 cm³/mol. The Morgan fingerprint density at radius 2 is 2.25 bits per heavy atom. The fourth-order valence-corrected chi connectivity index (χ4v) is 1.01. The van der Waals surface area contributed by atoms with Crippen LogP contribution in [0, 0.1) is 0 Å². The highest BCUT2D eigenvalue weighted by molar-refractivity contribution is 7.38. The summed E-state index contributed by atoms with van der Waals surface area (Å²) in [5.41, 5.74) is -0.0185. The van der Waals surface area contributed by atoms with E-state index in [0.717, 1.165) is 12.8 Å². The average Bonchev–Trinajstić information content (AvgIpc) is 1.67. The molecule has 0 radical (unpaired) electrons. The Morgan fingerprint density at radius 1 is 1.75 bits per heavy atom. The summed E-state index contributed by atoms with van der Waals surface area (Å²) < 4.78 is 10.2. The van der Waals surface area contributed by atoms with Crippen LogP contribution in [0.15, 0.2) is 0 Å². The quantitative estimate of drug-likeness (QED) is 0.600. The van der Waals surface area contributed by atoms with E-state index < -0.39 is 8.03 Å². The van der Waals surface area contributed by atoms with Gasteiger partial charge in [-0.2, -0.15) is 4.89 Å². The first-order valence-corrected chi connectivity index (χ1v) is 4.12. The summed E-state index contributed by atoms with van der Waals surface area (Å²) >= 11 is 0.